The van der Waals surface area contributed by atoms with Gasteiger partial charge in [0.1, 0.15) is 6.33 Å². The predicted molar refractivity (Wildman–Crippen MR) is 64.0 cm³/mol. The van der Waals surface area contributed by atoms with E-state index in [0.29, 0.717) is 0 Å². The molecule has 98 valence electrons. The van der Waals surface area contributed by atoms with E-state index in [1.54, 1.807) is 0 Å². The first-order chi connectivity index (χ1) is 8.99. The molecule has 0 amide bonds. The predicted octanol–water partition coefficient (Wildman–Crippen LogP) is 0.959. The van der Waals surface area contributed by atoms with Crippen molar-refractivity contribution in [2.75, 3.05) is 5.84 Å². The number of nitrogens with zero attached hydrogens (tertiary/aromatic N) is 5. The van der Waals surface area contributed by atoms with Crippen molar-refractivity contribution in [2.45, 2.75) is 10.1 Å². The van der Waals surface area contributed by atoms with Crippen molar-refractivity contribution >= 4 is 23.1 Å². The molecule has 0 radical (unpaired) electrons. The molecule has 0 atom stereocenters. The summed E-state index contributed by atoms with van der Waals surface area (Å²) in [5.74, 6) is 5.49. The molecule has 1 heterocycles. The van der Waals surface area contributed by atoms with Crippen LogP contribution in [-0.4, -0.2) is 24.7 Å². The lowest BCUT2D eigenvalue weighted by molar-refractivity contribution is -0.396. The van der Waals surface area contributed by atoms with E-state index in [1.165, 1.54) is 18.5 Å². The summed E-state index contributed by atoms with van der Waals surface area (Å²) in [5, 5.41) is 28.9. The van der Waals surface area contributed by atoms with Crippen molar-refractivity contribution in [3.8, 4) is 0 Å². The summed E-state index contributed by atoms with van der Waals surface area (Å²) in [6.45, 7) is 0. The Morgan fingerprint density at radius 1 is 1.26 bits per heavy atom. The number of rotatable bonds is 4. The Hall–Kier alpha value is -2.69. The average Bonchev–Trinajstić information content (AvgIpc) is 2.75. The molecule has 0 fully saturated rings. The van der Waals surface area contributed by atoms with E-state index in [-0.39, 0.29) is 21.4 Å². The Bertz CT molecular complexity index is 656. The molecule has 0 unspecified atom stereocenters. The molecule has 19 heavy (non-hydrogen) atoms. The second-order valence-corrected chi connectivity index (χ2v) is 4.30. The maximum atomic E-state index is 10.9. The lowest BCUT2D eigenvalue weighted by Gasteiger charge is -2.01. The van der Waals surface area contributed by atoms with Gasteiger partial charge in [0, 0.05) is 6.07 Å². The number of hydrogen-bond acceptors (Lipinski definition) is 8. The molecule has 10 nitrogen and oxygen atoms in total. The molecule has 0 spiro atoms. The number of benzene rings is 1. The zero-order chi connectivity index (χ0) is 14.0. The first kappa shape index (κ1) is 12.8. The molecule has 0 aliphatic carbocycles. The molecular weight excluding hydrogens is 276 g/mol. The van der Waals surface area contributed by atoms with Gasteiger partial charge in [0.2, 0.25) is 5.16 Å². The number of hydrogen-bond donors (Lipinski definition) is 1. The molecule has 0 aliphatic rings. The van der Waals surface area contributed by atoms with Gasteiger partial charge in [-0.3, -0.25) is 20.2 Å². The molecule has 0 saturated heterocycles. The van der Waals surface area contributed by atoms with Crippen LogP contribution in [0.15, 0.2) is 34.6 Å². The molecule has 1 aromatic heterocycles. The summed E-state index contributed by atoms with van der Waals surface area (Å²) in [7, 11) is 0. The van der Waals surface area contributed by atoms with E-state index >= 15 is 0 Å². The summed E-state index contributed by atoms with van der Waals surface area (Å²) in [6.07, 6.45) is 1.24. The van der Waals surface area contributed by atoms with Crippen LogP contribution in [0.25, 0.3) is 0 Å². The number of aromatic nitrogens is 3. The first-order valence-corrected chi connectivity index (χ1v) is 5.56. The number of nitro groups is 2. The van der Waals surface area contributed by atoms with E-state index in [9.17, 15) is 20.2 Å². The Kier molecular flexibility index (Phi) is 3.29. The van der Waals surface area contributed by atoms with Crippen LogP contribution in [0, 0.1) is 20.2 Å². The van der Waals surface area contributed by atoms with E-state index in [2.05, 4.69) is 10.2 Å². The van der Waals surface area contributed by atoms with E-state index in [4.69, 9.17) is 5.84 Å². The van der Waals surface area contributed by atoms with Gasteiger partial charge in [0.05, 0.1) is 20.8 Å². The summed E-state index contributed by atoms with van der Waals surface area (Å²) in [4.78, 5) is 20.3. The van der Waals surface area contributed by atoms with E-state index in [1.807, 2.05) is 0 Å². The molecule has 0 saturated carbocycles. The van der Waals surface area contributed by atoms with Crippen LogP contribution in [0.5, 0.6) is 0 Å². The van der Waals surface area contributed by atoms with Crippen LogP contribution < -0.4 is 5.84 Å². The minimum Gasteiger partial charge on any atom is -0.336 e. The molecule has 2 aromatic rings. The fraction of sp³-hybridized carbons (Fsp3) is 0. The van der Waals surface area contributed by atoms with Gasteiger partial charge in [-0.05, 0) is 17.8 Å². The lowest BCUT2D eigenvalue weighted by Crippen LogP contribution is -2.07. The summed E-state index contributed by atoms with van der Waals surface area (Å²) in [5.41, 5.74) is -0.743. The minimum atomic E-state index is -0.702. The minimum absolute atomic E-state index is 0.190. The SMILES string of the molecule is Nn1cnnc1Sc1ccc([N+](=O)[O-])cc1[N+](=O)[O-]. The normalized spacial score (nSPS) is 10.3. The van der Waals surface area contributed by atoms with Crippen LogP contribution in [0.3, 0.4) is 0 Å². The monoisotopic (exact) mass is 282 g/mol. The quantitative estimate of drug-likeness (QED) is 0.496. The smallest absolute Gasteiger partial charge is 0.290 e. The van der Waals surface area contributed by atoms with Crippen LogP contribution in [-0.2, 0) is 0 Å². The van der Waals surface area contributed by atoms with Crippen molar-refractivity contribution in [3.63, 3.8) is 0 Å². The molecule has 0 aliphatic heterocycles. The van der Waals surface area contributed by atoms with Gasteiger partial charge in [-0.2, -0.15) is 0 Å². The van der Waals surface area contributed by atoms with Crippen LogP contribution in [0.1, 0.15) is 0 Å². The summed E-state index contributed by atoms with van der Waals surface area (Å²) >= 11 is 0.896. The number of non-ortho nitro benzene ring substituents is 1. The molecule has 0 bridgehead atoms. The maximum Gasteiger partial charge on any atom is 0.290 e. The Balaban J connectivity index is 2.43. The van der Waals surface area contributed by atoms with Gasteiger partial charge in [-0.1, -0.05) is 0 Å². The molecular formula is C8H6N6O4S. The molecule has 2 rings (SSSR count). The first-order valence-electron chi connectivity index (χ1n) is 4.75. The highest BCUT2D eigenvalue weighted by Gasteiger charge is 2.21. The van der Waals surface area contributed by atoms with Crippen LogP contribution in [0.4, 0.5) is 11.4 Å². The van der Waals surface area contributed by atoms with Gasteiger partial charge in [0.25, 0.3) is 11.4 Å². The summed E-state index contributed by atoms with van der Waals surface area (Å²) < 4.78 is 1.09. The zero-order valence-corrected chi connectivity index (χ0v) is 9.98. The van der Waals surface area contributed by atoms with Crippen molar-refractivity contribution < 1.29 is 9.85 Å². The third-order valence-electron chi connectivity index (χ3n) is 2.09. The molecule has 11 heteroatoms. The topological polar surface area (TPSA) is 143 Å². The maximum absolute atomic E-state index is 10.9. The van der Waals surface area contributed by atoms with Gasteiger partial charge < -0.3 is 5.84 Å². The number of nitro benzene ring substituents is 2. The van der Waals surface area contributed by atoms with Crippen molar-refractivity contribution in [2.24, 2.45) is 0 Å². The number of nitrogen functional groups attached to an aromatic ring is 1. The second kappa shape index (κ2) is 4.89. The largest absolute Gasteiger partial charge is 0.336 e. The third-order valence-corrected chi connectivity index (χ3v) is 3.13. The fourth-order valence-electron chi connectivity index (χ4n) is 1.25. The van der Waals surface area contributed by atoms with Gasteiger partial charge in [0.15, 0.2) is 0 Å². The van der Waals surface area contributed by atoms with Crippen LogP contribution in [0.2, 0.25) is 0 Å². The van der Waals surface area contributed by atoms with Crippen molar-refractivity contribution in [1.29, 1.82) is 0 Å². The fourth-order valence-corrected chi connectivity index (χ4v) is 2.06. The summed E-state index contributed by atoms with van der Waals surface area (Å²) in [6, 6.07) is 3.34. The Morgan fingerprint density at radius 2 is 2.00 bits per heavy atom. The number of nitrogens with two attached hydrogens (primary N) is 1. The zero-order valence-electron chi connectivity index (χ0n) is 9.16. The second-order valence-electron chi connectivity index (χ2n) is 3.29. The Labute approximate surface area is 109 Å². The lowest BCUT2D eigenvalue weighted by atomic mass is 10.3. The van der Waals surface area contributed by atoms with Crippen LogP contribution >= 0.6 is 11.8 Å². The highest BCUT2D eigenvalue weighted by atomic mass is 32.2. The van der Waals surface area contributed by atoms with Gasteiger partial charge >= 0.3 is 0 Å². The third kappa shape index (κ3) is 2.60. The average molecular weight is 282 g/mol. The molecule has 1 aromatic carbocycles. The highest BCUT2D eigenvalue weighted by molar-refractivity contribution is 7.99. The Morgan fingerprint density at radius 3 is 2.53 bits per heavy atom. The van der Waals surface area contributed by atoms with E-state index < -0.39 is 9.85 Å². The van der Waals surface area contributed by atoms with Crippen molar-refractivity contribution in [1.82, 2.24) is 14.9 Å². The highest BCUT2D eigenvalue weighted by Crippen LogP contribution is 2.35. The van der Waals surface area contributed by atoms with Crippen molar-refractivity contribution in [3.05, 3.63) is 44.8 Å². The van der Waals surface area contributed by atoms with Gasteiger partial charge in [-0.25, -0.2) is 4.68 Å². The van der Waals surface area contributed by atoms with Gasteiger partial charge in [-0.15, -0.1) is 10.2 Å². The standard InChI is InChI=1S/C8H6N6O4S/c9-12-4-10-11-8(12)19-7-2-1-5(13(15)16)3-6(7)14(17)18/h1-4H,9H2. The van der Waals surface area contributed by atoms with E-state index in [0.717, 1.165) is 22.5 Å². The molecule has 2 N–H and O–H groups in total.